The molecule has 2 aromatic carbocycles. The standard InChI is InChI=1S/C24H30ClNO/c1-16-10-21(11-17(2)23(16)13-22(27)14-24(3,4)5)26-9-8-18-12-20(25)7-6-19(18)15-26/h6-7,10-12H,8-9,13-15H2,1-5H3. The summed E-state index contributed by atoms with van der Waals surface area (Å²) < 4.78 is 0. The summed E-state index contributed by atoms with van der Waals surface area (Å²) in [6.07, 6.45) is 2.18. The molecule has 0 saturated heterocycles. The van der Waals surface area contributed by atoms with Crippen molar-refractivity contribution in [3.8, 4) is 0 Å². The predicted octanol–water partition coefficient (Wildman–Crippen LogP) is 6.07. The van der Waals surface area contributed by atoms with Gasteiger partial charge in [-0.15, -0.1) is 0 Å². The van der Waals surface area contributed by atoms with E-state index in [-0.39, 0.29) is 5.41 Å². The zero-order chi connectivity index (χ0) is 19.8. The van der Waals surface area contributed by atoms with Crippen LogP contribution >= 0.6 is 11.6 Å². The third kappa shape index (κ3) is 4.93. The average molecular weight is 384 g/mol. The Morgan fingerprint density at radius 2 is 1.74 bits per heavy atom. The summed E-state index contributed by atoms with van der Waals surface area (Å²) in [5.74, 6) is 0.324. The number of rotatable bonds is 4. The fraction of sp³-hybridized carbons (Fsp3) is 0.458. The van der Waals surface area contributed by atoms with Gasteiger partial charge in [-0.2, -0.15) is 0 Å². The van der Waals surface area contributed by atoms with Crippen LogP contribution in [0.25, 0.3) is 0 Å². The highest BCUT2D eigenvalue weighted by molar-refractivity contribution is 6.30. The number of hydrogen-bond donors (Lipinski definition) is 0. The summed E-state index contributed by atoms with van der Waals surface area (Å²) in [7, 11) is 0. The Balaban J connectivity index is 1.79. The topological polar surface area (TPSA) is 20.3 Å². The molecule has 144 valence electrons. The van der Waals surface area contributed by atoms with E-state index in [1.165, 1.54) is 33.5 Å². The molecule has 1 heterocycles. The molecule has 0 bridgehead atoms. The molecule has 3 heteroatoms. The lowest BCUT2D eigenvalue weighted by molar-refractivity contribution is -0.120. The van der Waals surface area contributed by atoms with Gasteiger partial charge in [-0.25, -0.2) is 0 Å². The second-order valence-electron chi connectivity index (χ2n) is 9.10. The van der Waals surface area contributed by atoms with Crippen LogP contribution in [0.3, 0.4) is 0 Å². The Hall–Kier alpha value is -1.80. The van der Waals surface area contributed by atoms with Gasteiger partial charge in [0, 0.05) is 36.6 Å². The first-order valence-electron chi connectivity index (χ1n) is 9.76. The molecule has 1 aliphatic rings. The number of benzene rings is 2. The molecule has 0 unspecified atom stereocenters. The van der Waals surface area contributed by atoms with Crippen molar-refractivity contribution in [2.24, 2.45) is 5.41 Å². The maximum Gasteiger partial charge on any atom is 0.137 e. The minimum absolute atomic E-state index is 0.0446. The fourth-order valence-electron chi connectivity index (χ4n) is 4.03. The molecule has 3 rings (SSSR count). The van der Waals surface area contributed by atoms with Gasteiger partial charge in [0.2, 0.25) is 0 Å². The fourth-order valence-corrected chi connectivity index (χ4v) is 4.22. The maximum absolute atomic E-state index is 12.5. The van der Waals surface area contributed by atoms with E-state index in [2.05, 4.69) is 63.8 Å². The van der Waals surface area contributed by atoms with Crippen molar-refractivity contribution in [2.45, 2.75) is 60.4 Å². The lowest BCUT2D eigenvalue weighted by Gasteiger charge is -2.32. The minimum atomic E-state index is 0.0446. The molecule has 0 N–H and O–H groups in total. The van der Waals surface area contributed by atoms with E-state index in [1.807, 2.05) is 6.07 Å². The van der Waals surface area contributed by atoms with Crippen molar-refractivity contribution >= 4 is 23.1 Å². The lowest BCUT2D eigenvalue weighted by Crippen LogP contribution is -2.30. The van der Waals surface area contributed by atoms with Crippen LogP contribution in [-0.4, -0.2) is 12.3 Å². The number of ketones is 1. The van der Waals surface area contributed by atoms with Gasteiger partial charge in [0.1, 0.15) is 5.78 Å². The molecule has 0 fully saturated rings. The summed E-state index contributed by atoms with van der Waals surface area (Å²) in [6, 6.07) is 10.7. The van der Waals surface area contributed by atoms with Crippen LogP contribution in [0.15, 0.2) is 30.3 Å². The van der Waals surface area contributed by atoms with Gasteiger partial charge in [0.05, 0.1) is 0 Å². The molecule has 1 aliphatic heterocycles. The van der Waals surface area contributed by atoms with Crippen LogP contribution in [0.4, 0.5) is 5.69 Å². The van der Waals surface area contributed by atoms with Crippen LogP contribution in [-0.2, 0) is 24.2 Å². The van der Waals surface area contributed by atoms with Crippen LogP contribution in [0.5, 0.6) is 0 Å². The number of aryl methyl sites for hydroxylation is 2. The zero-order valence-corrected chi connectivity index (χ0v) is 17.9. The summed E-state index contributed by atoms with van der Waals surface area (Å²) >= 11 is 6.13. The smallest absolute Gasteiger partial charge is 0.137 e. The summed E-state index contributed by atoms with van der Waals surface area (Å²) in [5, 5.41) is 0.818. The van der Waals surface area contributed by atoms with Gasteiger partial charge in [-0.05, 0) is 77.8 Å². The Labute approximate surface area is 168 Å². The maximum atomic E-state index is 12.5. The number of carbonyl (C=O) groups excluding carboxylic acids is 1. The number of anilines is 1. The third-order valence-electron chi connectivity index (χ3n) is 5.33. The third-order valence-corrected chi connectivity index (χ3v) is 5.56. The van der Waals surface area contributed by atoms with E-state index in [9.17, 15) is 4.79 Å². The predicted molar refractivity (Wildman–Crippen MR) is 115 cm³/mol. The molecule has 0 amide bonds. The van der Waals surface area contributed by atoms with Crippen LogP contribution in [0, 0.1) is 19.3 Å². The van der Waals surface area contributed by atoms with E-state index in [4.69, 9.17) is 11.6 Å². The van der Waals surface area contributed by atoms with Crippen LogP contribution < -0.4 is 4.90 Å². The summed E-state index contributed by atoms with van der Waals surface area (Å²) in [6.45, 7) is 12.5. The summed E-state index contributed by atoms with van der Waals surface area (Å²) in [4.78, 5) is 14.9. The number of carbonyl (C=O) groups is 1. The van der Waals surface area contributed by atoms with Crippen molar-refractivity contribution < 1.29 is 4.79 Å². The van der Waals surface area contributed by atoms with Gasteiger partial charge in [-0.1, -0.05) is 38.4 Å². The van der Waals surface area contributed by atoms with E-state index in [1.54, 1.807) is 0 Å². The second-order valence-corrected chi connectivity index (χ2v) is 9.53. The van der Waals surface area contributed by atoms with E-state index >= 15 is 0 Å². The van der Waals surface area contributed by atoms with Crippen molar-refractivity contribution in [1.29, 1.82) is 0 Å². The van der Waals surface area contributed by atoms with Crippen LogP contribution in [0.2, 0.25) is 5.02 Å². The molecule has 2 aromatic rings. The van der Waals surface area contributed by atoms with Gasteiger partial charge < -0.3 is 4.90 Å². The van der Waals surface area contributed by atoms with E-state index in [0.29, 0.717) is 18.6 Å². The molecule has 0 aromatic heterocycles. The van der Waals surface area contributed by atoms with Gasteiger partial charge >= 0.3 is 0 Å². The average Bonchev–Trinajstić information content (AvgIpc) is 2.56. The molecule has 0 spiro atoms. The number of nitrogens with zero attached hydrogens (tertiary/aromatic N) is 1. The van der Waals surface area contributed by atoms with Gasteiger partial charge in [0.15, 0.2) is 0 Å². The van der Waals surface area contributed by atoms with Crippen molar-refractivity contribution in [3.05, 3.63) is 63.2 Å². The van der Waals surface area contributed by atoms with Gasteiger partial charge in [0.25, 0.3) is 0 Å². The summed E-state index contributed by atoms with van der Waals surface area (Å²) in [5.41, 5.74) is 7.63. The molecule has 0 atom stereocenters. The molecule has 0 saturated carbocycles. The normalized spacial score (nSPS) is 14.2. The zero-order valence-electron chi connectivity index (χ0n) is 17.2. The van der Waals surface area contributed by atoms with Gasteiger partial charge in [-0.3, -0.25) is 4.79 Å². The Bertz CT molecular complexity index is 840. The van der Waals surface area contributed by atoms with E-state index < -0.39 is 0 Å². The molecule has 0 aliphatic carbocycles. The molecular formula is C24H30ClNO. The first-order chi connectivity index (χ1) is 12.6. The van der Waals surface area contributed by atoms with Crippen molar-refractivity contribution in [3.63, 3.8) is 0 Å². The second kappa shape index (κ2) is 7.67. The number of Topliss-reactive ketones (excluding diaryl/α,β-unsaturated/α-hetero) is 1. The highest BCUT2D eigenvalue weighted by atomic mass is 35.5. The molecular weight excluding hydrogens is 354 g/mol. The Morgan fingerprint density at radius 3 is 2.37 bits per heavy atom. The highest BCUT2D eigenvalue weighted by Gasteiger charge is 2.20. The number of fused-ring (bicyclic) bond motifs is 1. The quantitative estimate of drug-likeness (QED) is 0.638. The lowest BCUT2D eigenvalue weighted by atomic mass is 9.86. The van der Waals surface area contributed by atoms with E-state index in [0.717, 1.165) is 24.5 Å². The van der Waals surface area contributed by atoms with Crippen molar-refractivity contribution in [2.75, 3.05) is 11.4 Å². The molecule has 27 heavy (non-hydrogen) atoms. The highest BCUT2D eigenvalue weighted by Crippen LogP contribution is 2.30. The Morgan fingerprint density at radius 1 is 1.07 bits per heavy atom. The first kappa shape index (κ1) is 19.9. The molecule has 0 radical (unpaired) electrons. The monoisotopic (exact) mass is 383 g/mol. The largest absolute Gasteiger partial charge is 0.367 e. The van der Waals surface area contributed by atoms with Crippen LogP contribution in [0.1, 0.15) is 55.0 Å². The first-order valence-corrected chi connectivity index (χ1v) is 10.1. The number of hydrogen-bond acceptors (Lipinski definition) is 2. The van der Waals surface area contributed by atoms with Crippen molar-refractivity contribution in [1.82, 2.24) is 0 Å². The SMILES string of the molecule is Cc1cc(N2CCc3cc(Cl)ccc3C2)cc(C)c1CC(=O)CC(C)(C)C. The Kier molecular flexibility index (Phi) is 5.67. The molecule has 2 nitrogen and oxygen atoms in total. The minimum Gasteiger partial charge on any atom is -0.367 e. The number of halogens is 1.